The van der Waals surface area contributed by atoms with Crippen molar-refractivity contribution in [2.45, 2.75) is 27.7 Å². The molecular formula is C15H20O2. The smallest absolute Gasteiger partial charge is 0.328 e. The van der Waals surface area contributed by atoms with Crippen LogP contribution in [0.25, 0.3) is 18.2 Å². The number of benzene rings is 1. The Morgan fingerprint density at radius 2 is 1.71 bits per heavy atom. The van der Waals surface area contributed by atoms with E-state index in [1.54, 1.807) is 6.08 Å². The summed E-state index contributed by atoms with van der Waals surface area (Å²) in [4.78, 5) is 10.3. The highest BCUT2D eigenvalue weighted by atomic mass is 16.4. The van der Waals surface area contributed by atoms with E-state index in [0.29, 0.717) is 0 Å². The number of hydrogen-bond donors (Lipinski definition) is 1. The molecule has 0 saturated carbocycles. The van der Waals surface area contributed by atoms with Crippen molar-refractivity contribution in [1.29, 1.82) is 0 Å². The minimum absolute atomic E-state index is 0.899. The highest BCUT2D eigenvalue weighted by Crippen LogP contribution is 1.95. The molecule has 2 heteroatoms. The van der Waals surface area contributed by atoms with Gasteiger partial charge in [0.2, 0.25) is 0 Å². The zero-order valence-corrected chi connectivity index (χ0v) is 10.9. The van der Waals surface area contributed by atoms with E-state index < -0.39 is 5.97 Å². The van der Waals surface area contributed by atoms with Gasteiger partial charge in [-0.2, -0.15) is 0 Å². The molecule has 0 fully saturated rings. The summed E-state index contributed by atoms with van der Waals surface area (Å²) >= 11 is 0. The second-order valence-electron chi connectivity index (χ2n) is 3.14. The summed E-state index contributed by atoms with van der Waals surface area (Å²) in [6, 6.07) is 5.85. The molecule has 0 amide bonds. The van der Waals surface area contributed by atoms with E-state index in [9.17, 15) is 4.79 Å². The van der Waals surface area contributed by atoms with Crippen LogP contribution in [-0.2, 0) is 4.79 Å². The summed E-state index contributed by atoms with van der Waals surface area (Å²) < 4.78 is 0. The second kappa shape index (κ2) is 8.34. The molecular weight excluding hydrogens is 212 g/mol. The first kappa shape index (κ1) is 15.2. The molecule has 1 aromatic rings. The number of hydrogen-bond acceptors (Lipinski definition) is 1. The molecule has 0 spiro atoms. The molecule has 0 aliphatic carbocycles. The fourth-order valence-electron chi connectivity index (χ4n) is 1.38. The second-order valence-corrected chi connectivity index (χ2v) is 3.14. The highest BCUT2D eigenvalue weighted by molar-refractivity contribution is 5.85. The lowest BCUT2D eigenvalue weighted by molar-refractivity contribution is -0.131. The predicted octanol–water partition coefficient (Wildman–Crippen LogP) is 2.41. The van der Waals surface area contributed by atoms with E-state index in [1.807, 2.05) is 58.0 Å². The Kier molecular flexibility index (Phi) is 7.44. The van der Waals surface area contributed by atoms with E-state index in [0.717, 1.165) is 22.1 Å². The van der Waals surface area contributed by atoms with E-state index in [2.05, 4.69) is 0 Å². The third-order valence-electron chi connectivity index (χ3n) is 2.15. The first-order valence-electron chi connectivity index (χ1n) is 5.81. The fourth-order valence-corrected chi connectivity index (χ4v) is 1.38. The first-order valence-corrected chi connectivity index (χ1v) is 5.81. The molecule has 1 rings (SSSR count). The Morgan fingerprint density at radius 1 is 1.12 bits per heavy atom. The van der Waals surface area contributed by atoms with Crippen LogP contribution in [0.4, 0.5) is 0 Å². The molecule has 17 heavy (non-hydrogen) atoms. The van der Waals surface area contributed by atoms with Crippen molar-refractivity contribution < 1.29 is 9.90 Å². The Bertz CT molecular complexity index is 496. The lowest BCUT2D eigenvalue weighted by atomic mass is 10.1. The van der Waals surface area contributed by atoms with Crippen LogP contribution in [0, 0.1) is 0 Å². The van der Waals surface area contributed by atoms with Gasteiger partial charge in [-0.3, -0.25) is 0 Å². The molecule has 1 N–H and O–H groups in total. The number of carboxylic acid groups (broad SMARTS) is 1. The third kappa shape index (κ3) is 5.16. The van der Waals surface area contributed by atoms with Crippen LogP contribution in [0.15, 0.2) is 24.3 Å². The van der Waals surface area contributed by atoms with Gasteiger partial charge in [-0.15, -0.1) is 0 Å². The van der Waals surface area contributed by atoms with E-state index in [-0.39, 0.29) is 0 Å². The van der Waals surface area contributed by atoms with Crippen molar-refractivity contribution in [3.63, 3.8) is 0 Å². The number of rotatable bonds is 2. The van der Waals surface area contributed by atoms with Crippen LogP contribution in [-0.4, -0.2) is 11.1 Å². The Hall–Kier alpha value is -1.83. The van der Waals surface area contributed by atoms with Gasteiger partial charge < -0.3 is 5.11 Å². The van der Waals surface area contributed by atoms with Crippen LogP contribution in [0.5, 0.6) is 0 Å². The summed E-state index contributed by atoms with van der Waals surface area (Å²) in [7, 11) is 0. The van der Waals surface area contributed by atoms with Gasteiger partial charge in [0.1, 0.15) is 0 Å². The summed E-state index contributed by atoms with van der Waals surface area (Å²) in [5.74, 6) is -0.928. The Balaban J connectivity index is 0.00000121. The maximum atomic E-state index is 10.3. The highest BCUT2D eigenvalue weighted by Gasteiger charge is 1.90. The van der Waals surface area contributed by atoms with Crippen LogP contribution in [0.1, 0.15) is 33.3 Å². The van der Waals surface area contributed by atoms with E-state index in [1.165, 1.54) is 0 Å². The fraction of sp³-hybridized carbons (Fsp3) is 0.267. The Labute approximate surface area is 103 Å². The van der Waals surface area contributed by atoms with Crippen LogP contribution >= 0.6 is 0 Å². The van der Waals surface area contributed by atoms with Crippen molar-refractivity contribution in [2.75, 3.05) is 0 Å². The molecule has 1 aromatic carbocycles. The summed E-state index contributed by atoms with van der Waals surface area (Å²) in [5.41, 5.74) is 0.899. The molecule has 0 aromatic heterocycles. The third-order valence-corrected chi connectivity index (χ3v) is 2.15. The molecule has 0 aliphatic rings. The standard InChI is InChI=1S/C13H14O2.C2H6/c1-3-11-7-5-10(6-8-13(14)15)9-12(11)4-2;1-2/h3-9H,1-2H3,(H,14,15);1-2H3/b8-6+,11-3-,12-4-;. The first-order chi connectivity index (χ1) is 8.17. The minimum atomic E-state index is -0.928. The summed E-state index contributed by atoms with van der Waals surface area (Å²) in [5, 5.41) is 10.8. The maximum absolute atomic E-state index is 10.3. The zero-order chi connectivity index (χ0) is 13.3. The molecule has 0 heterocycles. The minimum Gasteiger partial charge on any atom is -0.478 e. The normalized spacial score (nSPS) is 12.5. The molecule has 2 nitrogen and oxygen atoms in total. The summed E-state index contributed by atoms with van der Waals surface area (Å²) in [6.45, 7) is 7.95. The molecule has 92 valence electrons. The number of carbonyl (C=O) groups is 1. The predicted molar refractivity (Wildman–Crippen MR) is 74.0 cm³/mol. The van der Waals surface area contributed by atoms with E-state index >= 15 is 0 Å². The van der Waals surface area contributed by atoms with E-state index in [4.69, 9.17) is 5.11 Å². The topological polar surface area (TPSA) is 37.3 Å². The molecule has 0 saturated heterocycles. The molecule has 0 aliphatic heterocycles. The van der Waals surface area contributed by atoms with Crippen LogP contribution < -0.4 is 10.4 Å². The summed E-state index contributed by atoms with van der Waals surface area (Å²) in [6.07, 6.45) is 6.77. The quantitative estimate of drug-likeness (QED) is 0.795. The van der Waals surface area contributed by atoms with Crippen molar-refractivity contribution >= 4 is 24.2 Å². The van der Waals surface area contributed by atoms with Gasteiger partial charge in [-0.05, 0) is 42.0 Å². The lowest BCUT2D eigenvalue weighted by Crippen LogP contribution is -2.23. The number of carboxylic acids is 1. The average Bonchev–Trinajstić information content (AvgIpc) is 2.38. The zero-order valence-electron chi connectivity index (χ0n) is 10.9. The largest absolute Gasteiger partial charge is 0.478 e. The molecule has 0 atom stereocenters. The van der Waals surface area contributed by atoms with Gasteiger partial charge in [-0.25, -0.2) is 4.79 Å². The maximum Gasteiger partial charge on any atom is 0.328 e. The monoisotopic (exact) mass is 232 g/mol. The van der Waals surface area contributed by atoms with Crippen LogP contribution in [0.3, 0.4) is 0 Å². The molecule has 0 radical (unpaired) electrons. The van der Waals surface area contributed by atoms with Gasteiger partial charge in [0.25, 0.3) is 0 Å². The SMILES string of the molecule is C/C=c1/ccc(/C=C/C(=O)O)c/c1=C/C.CC. The average molecular weight is 232 g/mol. The van der Waals surface area contributed by atoms with Gasteiger partial charge in [0, 0.05) is 6.08 Å². The Morgan fingerprint density at radius 3 is 2.18 bits per heavy atom. The van der Waals surface area contributed by atoms with Gasteiger partial charge in [-0.1, -0.05) is 38.1 Å². The van der Waals surface area contributed by atoms with Gasteiger partial charge >= 0.3 is 5.97 Å². The van der Waals surface area contributed by atoms with Crippen molar-refractivity contribution in [1.82, 2.24) is 0 Å². The molecule has 0 bridgehead atoms. The lowest BCUT2D eigenvalue weighted by Gasteiger charge is -1.94. The van der Waals surface area contributed by atoms with Crippen molar-refractivity contribution in [3.8, 4) is 0 Å². The van der Waals surface area contributed by atoms with Crippen molar-refractivity contribution in [3.05, 3.63) is 40.3 Å². The van der Waals surface area contributed by atoms with Crippen molar-refractivity contribution in [2.24, 2.45) is 0 Å². The van der Waals surface area contributed by atoms with Gasteiger partial charge in [0.15, 0.2) is 0 Å². The number of aliphatic carboxylic acids is 1. The van der Waals surface area contributed by atoms with Crippen LogP contribution in [0.2, 0.25) is 0 Å². The van der Waals surface area contributed by atoms with Gasteiger partial charge in [0.05, 0.1) is 0 Å². The molecule has 0 unspecified atom stereocenters.